The van der Waals surface area contributed by atoms with Crippen LogP contribution in [0.3, 0.4) is 0 Å². The smallest absolute Gasteiger partial charge is 0.343 e. The maximum atomic E-state index is 12.6. The molecule has 3 aromatic rings. The van der Waals surface area contributed by atoms with Crippen molar-refractivity contribution < 1.29 is 18.9 Å². The lowest BCUT2D eigenvalue weighted by Gasteiger charge is -2.31. The van der Waals surface area contributed by atoms with Crippen LogP contribution >= 0.6 is 0 Å². The van der Waals surface area contributed by atoms with Crippen LogP contribution in [0.4, 0.5) is 11.4 Å². The Morgan fingerprint density at radius 3 is 2.61 bits per heavy atom. The highest BCUT2D eigenvalue weighted by Gasteiger charge is 2.25. The van der Waals surface area contributed by atoms with Crippen molar-refractivity contribution in [1.82, 2.24) is 0 Å². The minimum absolute atomic E-state index is 0.0756. The Morgan fingerprint density at radius 1 is 1.16 bits per heavy atom. The summed E-state index contributed by atoms with van der Waals surface area (Å²) in [5.74, 6) is 0.0546. The van der Waals surface area contributed by atoms with Crippen molar-refractivity contribution in [3.8, 4) is 5.75 Å². The molecule has 1 saturated heterocycles. The summed E-state index contributed by atoms with van der Waals surface area (Å²) < 4.78 is 10.6. The van der Waals surface area contributed by atoms with Crippen molar-refractivity contribution in [2.45, 2.75) is 26.7 Å². The molecule has 0 unspecified atom stereocenters. The Labute approximate surface area is 178 Å². The first-order chi connectivity index (χ1) is 14.8. The van der Waals surface area contributed by atoms with Crippen LogP contribution in [-0.2, 0) is 0 Å². The molecule has 160 valence electrons. The molecular formula is C23H22N2O6. The van der Waals surface area contributed by atoms with Gasteiger partial charge in [0, 0.05) is 36.7 Å². The molecule has 4 rings (SSSR count). The summed E-state index contributed by atoms with van der Waals surface area (Å²) >= 11 is 0. The molecular weight excluding hydrogens is 400 g/mol. The van der Waals surface area contributed by atoms with Crippen LogP contribution in [-0.4, -0.2) is 24.0 Å². The molecule has 2 aromatic carbocycles. The molecule has 8 nitrogen and oxygen atoms in total. The highest BCUT2D eigenvalue weighted by molar-refractivity contribution is 5.93. The highest BCUT2D eigenvalue weighted by Crippen LogP contribution is 2.33. The van der Waals surface area contributed by atoms with Gasteiger partial charge in [-0.25, -0.2) is 9.59 Å². The summed E-state index contributed by atoms with van der Waals surface area (Å²) in [6.07, 6.45) is 1.94. The van der Waals surface area contributed by atoms with Crippen LogP contribution in [0.15, 0.2) is 51.7 Å². The number of hydrogen-bond acceptors (Lipinski definition) is 7. The number of carbonyl (C=O) groups is 1. The van der Waals surface area contributed by atoms with Gasteiger partial charge < -0.3 is 14.1 Å². The van der Waals surface area contributed by atoms with Gasteiger partial charge in [0.2, 0.25) is 0 Å². The van der Waals surface area contributed by atoms with Gasteiger partial charge in [-0.15, -0.1) is 0 Å². The Hall–Kier alpha value is -3.68. The summed E-state index contributed by atoms with van der Waals surface area (Å²) in [6, 6.07) is 10.5. The van der Waals surface area contributed by atoms with Gasteiger partial charge in [-0.2, -0.15) is 0 Å². The van der Waals surface area contributed by atoms with Crippen LogP contribution < -0.4 is 15.3 Å². The third-order valence-corrected chi connectivity index (χ3v) is 5.67. The van der Waals surface area contributed by atoms with Crippen LogP contribution in [0.1, 0.15) is 35.7 Å². The van der Waals surface area contributed by atoms with Crippen molar-refractivity contribution in [3.63, 3.8) is 0 Å². The quantitative estimate of drug-likeness (QED) is 0.201. The molecule has 31 heavy (non-hydrogen) atoms. The molecule has 0 radical (unpaired) electrons. The van der Waals surface area contributed by atoms with E-state index in [0.717, 1.165) is 36.9 Å². The first-order valence-corrected chi connectivity index (χ1v) is 10.1. The molecule has 1 aromatic heterocycles. The van der Waals surface area contributed by atoms with Gasteiger partial charge in [0.05, 0.1) is 10.5 Å². The molecule has 0 N–H and O–H groups in total. The number of aryl methyl sites for hydroxylation is 1. The molecule has 0 amide bonds. The monoisotopic (exact) mass is 422 g/mol. The second-order valence-electron chi connectivity index (χ2n) is 7.93. The van der Waals surface area contributed by atoms with Crippen LogP contribution in [0, 0.1) is 23.0 Å². The minimum Gasteiger partial charge on any atom is -0.423 e. The number of fused-ring (bicyclic) bond motifs is 1. The average molecular weight is 422 g/mol. The van der Waals surface area contributed by atoms with E-state index in [0.29, 0.717) is 17.2 Å². The van der Waals surface area contributed by atoms with E-state index in [-0.39, 0.29) is 17.0 Å². The molecule has 1 aliphatic rings. The zero-order valence-corrected chi connectivity index (χ0v) is 17.3. The van der Waals surface area contributed by atoms with Crippen LogP contribution in [0.2, 0.25) is 0 Å². The lowest BCUT2D eigenvalue weighted by atomic mass is 9.98. The standard InChI is InChI=1S/C23H22N2O6/c1-14-7-9-24(10-8-14)19-6-3-16(12-20(19)25(28)29)23(27)30-17-4-5-18-15(2)11-22(26)31-21(18)13-17/h3-6,11-14H,7-10H2,1-2H3. The summed E-state index contributed by atoms with van der Waals surface area (Å²) in [4.78, 5) is 37.4. The SMILES string of the molecule is Cc1cc(=O)oc2cc(OC(=O)c3ccc(N4CCC(C)CC4)c([N+](=O)[O-])c3)ccc12. The number of anilines is 1. The second-order valence-corrected chi connectivity index (χ2v) is 7.93. The predicted octanol–water partition coefficient (Wildman–Crippen LogP) is 4.47. The van der Waals surface area contributed by atoms with E-state index in [9.17, 15) is 19.7 Å². The zero-order chi connectivity index (χ0) is 22.1. The zero-order valence-electron chi connectivity index (χ0n) is 17.3. The van der Waals surface area contributed by atoms with Gasteiger partial charge in [-0.1, -0.05) is 6.92 Å². The van der Waals surface area contributed by atoms with Gasteiger partial charge >= 0.3 is 11.6 Å². The third-order valence-electron chi connectivity index (χ3n) is 5.67. The van der Waals surface area contributed by atoms with E-state index in [1.807, 2.05) is 4.90 Å². The number of nitro groups is 1. The van der Waals surface area contributed by atoms with Gasteiger partial charge in [0.15, 0.2) is 0 Å². The second kappa shape index (κ2) is 8.22. The maximum Gasteiger partial charge on any atom is 0.343 e. The Bertz CT molecular complexity index is 1220. The number of hydrogen-bond donors (Lipinski definition) is 0. The molecule has 1 fully saturated rings. The molecule has 8 heteroatoms. The Kier molecular flexibility index (Phi) is 5.46. The van der Waals surface area contributed by atoms with Gasteiger partial charge in [-0.05, 0) is 55.5 Å². The third kappa shape index (κ3) is 4.28. The maximum absolute atomic E-state index is 12.6. The fourth-order valence-electron chi connectivity index (χ4n) is 3.85. The lowest BCUT2D eigenvalue weighted by Crippen LogP contribution is -2.33. The number of rotatable bonds is 4. The largest absolute Gasteiger partial charge is 0.423 e. The molecule has 0 atom stereocenters. The van der Waals surface area contributed by atoms with Crippen LogP contribution in [0.25, 0.3) is 11.0 Å². The van der Waals surface area contributed by atoms with E-state index in [4.69, 9.17) is 9.15 Å². The predicted molar refractivity (Wildman–Crippen MR) is 116 cm³/mol. The van der Waals surface area contributed by atoms with E-state index in [1.165, 1.54) is 24.3 Å². The van der Waals surface area contributed by atoms with E-state index >= 15 is 0 Å². The molecule has 0 spiro atoms. The fourth-order valence-corrected chi connectivity index (χ4v) is 3.85. The number of benzene rings is 2. The number of nitrogens with zero attached hydrogens (tertiary/aromatic N) is 2. The molecule has 0 saturated carbocycles. The average Bonchev–Trinajstić information content (AvgIpc) is 2.73. The number of esters is 1. The molecule has 0 bridgehead atoms. The van der Waals surface area contributed by atoms with Gasteiger partial charge in [-0.3, -0.25) is 10.1 Å². The fraction of sp³-hybridized carbons (Fsp3) is 0.304. The number of carbonyl (C=O) groups excluding carboxylic acids is 1. The van der Waals surface area contributed by atoms with E-state index in [1.54, 1.807) is 25.1 Å². The normalized spacial score (nSPS) is 14.6. The lowest BCUT2D eigenvalue weighted by molar-refractivity contribution is -0.384. The van der Waals surface area contributed by atoms with E-state index < -0.39 is 16.5 Å². The first kappa shape index (κ1) is 20.6. The summed E-state index contributed by atoms with van der Waals surface area (Å²) in [6.45, 7) is 5.44. The van der Waals surface area contributed by atoms with Gasteiger partial charge in [0.1, 0.15) is 17.0 Å². The Morgan fingerprint density at radius 2 is 1.90 bits per heavy atom. The van der Waals surface area contributed by atoms with Crippen molar-refractivity contribution in [1.29, 1.82) is 0 Å². The summed E-state index contributed by atoms with van der Waals surface area (Å²) in [5, 5.41) is 12.4. The van der Waals surface area contributed by atoms with Crippen LogP contribution in [0.5, 0.6) is 5.75 Å². The molecule has 0 aliphatic carbocycles. The number of nitro benzene ring substituents is 1. The van der Waals surface area contributed by atoms with Crippen molar-refractivity contribution in [2.24, 2.45) is 5.92 Å². The number of piperidine rings is 1. The van der Waals surface area contributed by atoms with E-state index in [2.05, 4.69) is 6.92 Å². The molecule has 2 heterocycles. The number of ether oxygens (including phenoxy) is 1. The van der Waals surface area contributed by atoms with Crippen molar-refractivity contribution in [2.75, 3.05) is 18.0 Å². The first-order valence-electron chi connectivity index (χ1n) is 10.1. The molecule has 1 aliphatic heterocycles. The van der Waals surface area contributed by atoms with Crippen molar-refractivity contribution in [3.05, 3.63) is 74.1 Å². The topological polar surface area (TPSA) is 103 Å². The minimum atomic E-state index is -0.726. The highest BCUT2D eigenvalue weighted by atomic mass is 16.6. The summed E-state index contributed by atoms with van der Waals surface area (Å²) in [5.41, 5.74) is 1.03. The Balaban J connectivity index is 1.60. The van der Waals surface area contributed by atoms with Gasteiger partial charge in [0.25, 0.3) is 5.69 Å². The van der Waals surface area contributed by atoms with Crippen molar-refractivity contribution >= 4 is 28.3 Å². The summed E-state index contributed by atoms with van der Waals surface area (Å²) in [7, 11) is 0.